The molecule has 0 spiro atoms. The third-order valence-corrected chi connectivity index (χ3v) is 2.48. The van der Waals surface area contributed by atoms with E-state index >= 15 is 0 Å². The molecule has 1 aliphatic carbocycles. The van der Waals surface area contributed by atoms with Gasteiger partial charge in [0.05, 0.1) is 0 Å². The predicted octanol–water partition coefficient (Wildman–Crippen LogP) is 2.27. The van der Waals surface area contributed by atoms with E-state index in [0.29, 0.717) is 24.1 Å². The lowest BCUT2D eigenvalue weighted by Crippen LogP contribution is -2.13. The molecule has 0 saturated heterocycles. The number of rotatable bonds is 4. The first kappa shape index (κ1) is 10.2. The Morgan fingerprint density at radius 2 is 2.40 bits per heavy atom. The van der Waals surface area contributed by atoms with Gasteiger partial charge in [-0.25, -0.2) is 0 Å². The molecule has 1 saturated carbocycles. The van der Waals surface area contributed by atoms with E-state index in [1.54, 1.807) is 0 Å². The van der Waals surface area contributed by atoms with E-state index in [0.717, 1.165) is 5.69 Å². The van der Waals surface area contributed by atoms with Gasteiger partial charge in [-0.15, -0.1) is 0 Å². The van der Waals surface area contributed by atoms with Crippen LogP contribution in [0.3, 0.4) is 0 Å². The number of hydrogen-bond acceptors (Lipinski definition) is 2. The van der Waals surface area contributed by atoms with Gasteiger partial charge in [0.2, 0.25) is 5.91 Å². The minimum Gasteiger partial charge on any atom is -0.309 e. The summed E-state index contributed by atoms with van der Waals surface area (Å²) in [4.78, 5) is 11.5. The predicted molar refractivity (Wildman–Crippen MR) is 58.6 cm³/mol. The van der Waals surface area contributed by atoms with Crippen LogP contribution in [0.2, 0.25) is 0 Å². The van der Waals surface area contributed by atoms with Gasteiger partial charge in [-0.1, -0.05) is 13.8 Å². The Hall–Kier alpha value is -1.32. The van der Waals surface area contributed by atoms with E-state index in [1.165, 1.54) is 12.8 Å². The van der Waals surface area contributed by atoms with Crippen molar-refractivity contribution in [3.8, 4) is 0 Å². The molecule has 0 aromatic carbocycles. The highest BCUT2D eigenvalue weighted by atomic mass is 16.1. The molecule has 0 aliphatic heterocycles. The Balaban J connectivity index is 1.89. The van der Waals surface area contributed by atoms with Gasteiger partial charge in [-0.05, 0) is 18.8 Å². The van der Waals surface area contributed by atoms with E-state index in [-0.39, 0.29) is 5.91 Å². The maximum absolute atomic E-state index is 11.5. The topological polar surface area (TPSA) is 57.8 Å². The second kappa shape index (κ2) is 4.04. The number of aromatic nitrogens is 2. The molecule has 1 aromatic heterocycles. The third-order valence-electron chi connectivity index (χ3n) is 2.48. The maximum Gasteiger partial charge on any atom is 0.225 e. The average molecular weight is 207 g/mol. The Morgan fingerprint density at radius 3 is 3.00 bits per heavy atom. The summed E-state index contributed by atoms with van der Waals surface area (Å²) in [6.45, 7) is 4.06. The van der Waals surface area contributed by atoms with Crippen molar-refractivity contribution in [1.82, 2.24) is 10.2 Å². The van der Waals surface area contributed by atoms with E-state index in [2.05, 4.69) is 15.5 Å². The highest BCUT2D eigenvalue weighted by Crippen LogP contribution is 2.39. The quantitative estimate of drug-likeness (QED) is 0.795. The first-order chi connectivity index (χ1) is 7.15. The Kier molecular flexibility index (Phi) is 2.75. The van der Waals surface area contributed by atoms with Crippen molar-refractivity contribution in [3.05, 3.63) is 11.8 Å². The first-order valence-corrected chi connectivity index (χ1v) is 5.50. The molecule has 1 aromatic rings. The lowest BCUT2D eigenvalue weighted by molar-refractivity contribution is -0.116. The van der Waals surface area contributed by atoms with Crippen LogP contribution in [-0.4, -0.2) is 16.1 Å². The molecule has 1 aliphatic rings. The van der Waals surface area contributed by atoms with Crippen LogP contribution < -0.4 is 5.32 Å². The number of carbonyl (C=O) groups excluding carboxylic acids is 1. The number of hydrogen-bond donors (Lipinski definition) is 2. The Morgan fingerprint density at radius 1 is 1.67 bits per heavy atom. The molecular weight excluding hydrogens is 190 g/mol. The average Bonchev–Trinajstić information content (AvgIpc) is 2.87. The summed E-state index contributed by atoms with van der Waals surface area (Å²) in [6, 6.07) is 1.94. The van der Waals surface area contributed by atoms with Crippen LogP contribution >= 0.6 is 0 Å². The summed E-state index contributed by atoms with van der Waals surface area (Å²) < 4.78 is 0. The Labute approximate surface area is 89.5 Å². The van der Waals surface area contributed by atoms with Gasteiger partial charge in [0.25, 0.3) is 0 Å². The molecule has 0 atom stereocenters. The lowest BCUT2D eigenvalue weighted by atomic mass is 10.1. The van der Waals surface area contributed by atoms with E-state index < -0.39 is 0 Å². The van der Waals surface area contributed by atoms with Gasteiger partial charge in [0, 0.05) is 24.1 Å². The maximum atomic E-state index is 11.5. The number of carbonyl (C=O) groups is 1. The van der Waals surface area contributed by atoms with Gasteiger partial charge < -0.3 is 5.32 Å². The van der Waals surface area contributed by atoms with Crippen LogP contribution in [0.15, 0.2) is 6.07 Å². The summed E-state index contributed by atoms with van der Waals surface area (Å²) in [5.41, 5.74) is 1.15. The van der Waals surface area contributed by atoms with Crippen molar-refractivity contribution in [1.29, 1.82) is 0 Å². The van der Waals surface area contributed by atoms with E-state index in [1.807, 2.05) is 19.9 Å². The largest absolute Gasteiger partial charge is 0.309 e. The van der Waals surface area contributed by atoms with Crippen LogP contribution in [-0.2, 0) is 4.79 Å². The lowest BCUT2D eigenvalue weighted by Gasteiger charge is -2.03. The molecule has 2 N–H and O–H groups in total. The highest BCUT2D eigenvalue weighted by Gasteiger charge is 2.25. The van der Waals surface area contributed by atoms with Crippen molar-refractivity contribution in [2.75, 3.05) is 5.32 Å². The van der Waals surface area contributed by atoms with Gasteiger partial charge in [0.1, 0.15) is 0 Å². The molecule has 2 rings (SSSR count). The van der Waals surface area contributed by atoms with Gasteiger partial charge in [-0.2, -0.15) is 5.10 Å². The summed E-state index contributed by atoms with van der Waals surface area (Å²) >= 11 is 0. The standard InChI is InChI=1S/C11H17N3O/c1-7(2)5-11(15)12-10-6-9(13-14-10)8-3-4-8/h6-8H,3-5H2,1-2H3,(H2,12,13,14,15). The van der Waals surface area contributed by atoms with Gasteiger partial charge >= 0.3 is 0 Å². The number of nitrogens with one attached hydrogen (secondary N) is 2. The molecule has 82 valence electrons. The molecule has 4 heteroatoms. The van der Waals surface area contributed by atoms with Crippen LogP contribution in [0.25, 0.3) is 0 Å². The normalized spacial score (nSPS) is 15.7. The minimum atomic E-state index is 0.0406. The van der Waals surface area contributed by atoms with Crippen molar-refractivity contribution in [2.45, 2.75) is 39.0 Å². The smallest absolute Gasteiger partial charge is 0.225 e. The van der Waals surface area contributed by atoms with Crippen LogP contribution in [0.4, 0.5) is 5.82 Å². The van der Waals surface area contributed by atoms with Crippen LogP contribution in [0, 0.1) is 5.92 Å². The highest BCUT2D eigenvalue weighted by molar-refractivity contribution is 5.89. The van der Waals surface area contributed by atoms with Crippen molar-refractivity contribution >= 4 is 11.7 Å². The molecular formula is C11H17N3O. The zero-order valence-corrected chi connectivity index (χ0v) is 9.21. The first-order valence-electron chi connectivity index (χ1n) is 5.50. The third kappa shape index (κ3) is 2.81. The number of amides is 1. The number of H-pyrrole nitrogens is 1. The minimum absolute atomic E-state index is 0.0406. The van der Waals surface area contributed by atoms with Crippen LogP contribution in [0.5, 0.6) is 0 Å². The molecule has 1 fully saturated rings. The van der Waals surface area contributed by atoms with E-state index in [9.17, 15) is 4.79 Å². The monoisotopic (exact) mass is 207 g/mol. The van der Waals surface area contributed by atoms with Crippen molar-refractivity contribution < 1.29 is 4.79 Å². The second-order valence-corrected chi connectivity index (χ2v) is 4.63. The summed E-state index contributed by atoms with van der Waals surface area (Å²) in [5.74, 6) is 1.72. The van der Waals surface area contributed by atoms with Gasteiger partial charge in [0.15, 0.2) is 5.82 Å². The summed E-state index contributed by atoms with van der Waals surface area (Å²) in [5, 5.41) is 9.82. The van der Waals surface area contributed by atoms with Crippen molar-refractivity contribution in [3.63, 3.8) is 0 Å². The SMILES string of the molecule is CC(C)CC(=O)Nc1cc(C2CC2)[nH]n1. The van der Waals surface area contributed by atoms with Crippen LogP contribution in [0.1, 0.15) is 44.7 Å². The molecule has 0 unspecified atom stereocenters. The Bertz CT molecular complexity index is 352. The molecule has 0 bridgehead atoms. The molecule has 4 nitrogen and oxygen atoms in total. The summed E-state index contributed by atoms with van der Waals surface area (Å²) in [6.07, 6.45) is 3.02. The van der Waals surface area contributed by atoms with E-state index in [4.69, 9.17) is 0 Å². The molecule has 0 radical (unpaired) electrons. The molecule has 1 amide bonds. The summed E-state index contributed by atoms with van der Waals surface area (Å²) in [7, 11) is 0. The molecule has 1 heterocycles. The molecule has 15 heavy (non-hydrogen) atoms. The fourth-order valence-corrected chi connectivity index (χ4v) is 1.57. The zero-order valence-electron chi connectivity index (χ0n) is 9.21. The number of anilines is 1. The fraction of sp³-hybridized carbons (Fsp3) is 0.636. The number of nitrogens with zero attached hydrogens (tertiary/aromatic N) is 1. The van der Waals surface area contributed by atoms with Gasteiger partial charge in [-0.3, -0.25) is 9.89 Å². The second-order valence-electron chi connectivity index (χ2n) is 4.63. The van der Waals surface area contributed by atoms with Crippen molar-refractivity contribution in [2.24, 2.45) is 5.92 Å². The fourth-order valence-electron chi connectivity index (χ4n) is 1.57. The zero-order chi connectivity index (χ0) is 10.8. The number of aromatic amines is 1.